The van der Waals surface area contributed by atoms with Gasteiger partial charge in [-0.1, -0.05) is 33.6 Å². The minimum absolute atomic E-state index is 0.217. The van der Waals surface area contributed by atoms with Crippen LogP contribution >= 0.6 is 0 Å². The van der Waals surface area contributed by atoms with Gasteiger partial charge in [-0.2, -0.15) is 5.26 Å². The molecule has 98 valence electrons. The molecule has 1 heterocycles. The van der Waals surface area contributed by atoms with Crippen LogP contribution in [0.2, 0.25) is 0 Å². The molecule has 0 bridgehead atoms. The number of nitriles is 1. The van der Waals surface area contributed by atoms with Crippen molar-refractivity contribution in [3.8, 4) is 6.07 Å². The van der Waals surface area contributed by atoms with Gasteiger partial charge in [-0.3, -0.25) is 9.59 Å². The molecule has 0 aromatic heterocycles. The van der Waals surface area contributed by atoms with Gasteiger partial charge in [-0.25, -0.2) is 0 Å². The van der Waals surface area contributed by atoms with E-state index in [-0.39, 0.29) is 17.1 Å². The number of nitrogens with zero attached hydrogens (tertiary/aromatic N) is 2. The zero-order chi connectivity index (χ0) is 13.5. The summed E-state index contributed by atoms with van der Waals surface area (Å²) in [5.74, 6) is -0.864. The highest BCUT2D eigenvalue weighted by Gasteiger charge is 2.51. The first kappa shape index (κ1) is 13.1. The molecule has 1 saturated heterocycles. The molecule has 0 aromatic carbocycles. The molecule has 0 spiro atoms. The second-order valence-electron chi connectivity index (χ2n) is 6.50. The molecular weight excluding hydrogens is 228 g/mol. The fourth-order valence-corrected chi connectivity index (χ4v) is 2.71. The first-order chi connectivity index (χ1) is 8.36. The van der Waals surface area contributed by atoms with Crippen LogP contribution in [0.5, 0.6) is 0 Å². The van der Waals surface area contributed by atoms with E-state index >= 15 is 0 Å². The Morgan fingerprint density at radius 1 is 1.33 bits per heavy atom. The fraction of sp³-hybridized carbons (Fsp3) is 0.786. The monoisotopic (exact) mass is 248 g/mol. The van der Waals surface area contributed by atoms with Crippen LogP contribution in [0.3, 0.4) is 0 Å². The van der Waals surface area contributed by atoms with E-state index < -0.39 is 12.0 Å². The normalized spacial score (nSPS) is 28.7. The van der Waals surface area contributed by atoms with E-state index in [0.717, 1.165) is 12.3 Å². The molecule has 2 fully saturated rings. The third-order valence-corrected chi connectivity index (χ3v) is 3.82. The number of carbonyl (C=O) groups is 2. The van der Waals surface area contributed by atoms with Crippen molar-refractivity contribution in [2.75, 3.05) is 6.54 Å². The molecule has 1 aliphatic carbocycles. The Kier molecular flexibility index (Phi) is 3.18. The fourth-order valence-electron chi connectivity index (χ4n) is 2.71. The van der Waals surface area contributed by atoms with Gasteiger partial charge in [0.2, 0.25) is 5.91 Å². The molecule has 2 rings (SSSR count). The van der Waals surface area contributed by atoms with Gasteiger partial charge < -0.3 is 4.90 Å². The third-order valence-electron chi connectivity index (χ3n) is 3.82. The quantitative estimate of drug-likeness (QED) is 0.715. The van der Waals surface area contributed by atoms with Crippen LogP contribution in [0, 0.1) is 28.6 Å². The van der Waals surface area contributed by atoms with Gasteiger partial charge in [0.25, 0.3) is 0 Å². The van der Waals surface area contributed by atoms with Crippen LogP contribution < -0.4 is 0 Å². The molecule has 2 aliphatic rings. The standard InChI is InChI=1S/C14H20N2O2/c1-14(2,3)12-11(17)10(8-15)13(18)16(12)7-6-9-4-5-9/h9-10,12H,4-7H2,1-3H3. The Morgan fingerprint density at radius 3 is 2.39 bits per heavy atom. The lowest BCUT2D eigenvalue weighted by Crippen LogP contribution is -2.45. The summed E-state index contributed by atoms with van der Waals surface area (Å²) in [4.78, 5) is 25.9. The summed E-state index contributed by atoms with van der Waals surface area (Å²) in [6.07, 6.45) is 3.43. The first-order valence-corrected chi connectivity index (χ1v) is 6.60. The van der Waals surface area contributed by atoms with Crippen molar-refractivity contribution in [2.45, 2.75) is 46.1 Å². The van der Waals surface area contributed by atoms with Crippen molar-refractivity contribution in [1.29, 1.82) is 5.26 Å². The van der Waals surface area contributed by atoms with Gasteiger partial charge in [0.05, 0.1) is 12.1 Å². The predicted molar refractivity (Wildman–Crippen MR) is 66.4 cm³/mol. The van der Waals surface area contributed by atoms with Crippen molar-refractivity contribution < 1.29 is 9.59 Å². The number of likely N-dealkylation sites (tertiary alicyclic amines) is 1. The highest BCUT2D eigenvalue weighted by atomic mass is 16.2. The Hall–Kier alpha value is -1.37. The van der Waals surface area contributed by atoms with Crippen LogP contribution in [0.4, 0.5) is 0 Å². The molecule has 0 aromatic rings. The van der Waals surface area contributed by atoms with Crippen LogP contribution in [0.15, 0.2) is 0 Å². The number of hydrogen-bond acceptors (Lipinski definition) is 3. The molecule has 4 nitrogen and oxygen atoms in total. The van der Waals surface area contributed by atoms with Crippen molar-refractivity contribution in [3.63, 3.8) is 0 Å². The van der Waals surface area contributed by atoms with Crippen molar-refractivity contribution in [1.82, 2.24) is 4.90 Å². The molecule has 0 radical (unpaired) electrons. The van der Waals surface area contributed by atoms with Crippen LogP contribution in [0.25, 0.3) is 0 Å². The van der Waals surface area contributed by atoms with Gasteiger partial charge in [0.15, 0.2) is 11.7 Å². The summed E-state index contributed by atoms with van der Waals surface area (Å²) in [5.41, 5.74) is -0.304. The summed E-state index contributed by atoms with van der Waals surface area (Å²) in [6, 6.07) is 1.42. The molecule has 2 unspecified atom stereocenters. The lowest BCUT2D eigenvalue weighted by molar-refractivity contribution is -0.132. The maximum absolute atomic E-state index is 12.2. The largest absolute Gasteiger partial charge is 0.331 e. The summed E-state index contributed by atoms with van der Waals surface area (Å²) in [6.45, 7) is 6.47. The van der Waals surface area contributed by atoms with Crippen LogP contribution in [-0.4, -0.2) is 29.2 Å². The number of amides is 1. The third kappa shape index (κ3) is 2.27. The predicted octanol–water partition coefficient (Wildman–Crippen LogP) is 1.75. The zero-order valence-corrected chi connectivity index (χ0v) is 11.3. The molecule has 2 atom stereocenters. The van der Waals surface area contributed by atoms with Gasteiger partial charge in [-0.05, 0) is 17.8 Å². The molecule has 0 N–H and O–H groups in total. The lowest BCUT2D eigenvalue weighted by atomic mass is 9.83. The Labute approximate surface area is 108 Å². The summed E-state index contributed by atoms with van der Waals surface area (Å²) in [7, 11) is 0. The summed E-state index contributed by atoms with van der Waals surface area (Å²) < 4.78 is 0. The average Bonchev–Trinajstić information content (AvgIpc) is 3.02. The van der Waals surface area contributed by atoms with Crippen LogP contribution in [-0.2, 0) is 9.59 Å². The van der Waals surface area contributed by atoms with E-state index in [9.17, 15) is 9.59 Å². The molecule has 18 heavy (non-hydrogen) atoms. The number of hydrogen-bond donors (Lipinski definition) is 0. The lowest BCUT2D eigenvalue weighted by Gasteiger charge is -2.33. The van der Waals surface area contributed by atoms with Gasteiger partial charge >= 0.3 is 0 Å². The Balaban J connectivity index is 2.19. The zero-order valence-electron chi connectivity index (χ0n) is 11.3. The molecule has 4 heteroatoms. The van der Waals surface area contributed by atoms with Gasteiger partial charge in [-0.15, -0.1) is 0 Å². The van der Waals surface area contributed by atoms with E-state index in [1.807, 2.05) is 26.8 Å². The minimum Gasteiger partial charge on any atom is -0.331 e. The smallest absolute Gasteiger partial charge is 0.248 e. The highest BCUT2D eigenvalue weighted by molar-refractivity contribution is 6.12. The number of ketones is 1. The van der Waals surface area contributed by atoms with Crippen molar-refractivity contribution in [3.05, 3.63) is 0 Å². The first-order valence-electron chi connectivity index (χ1n) is 6.60. The van der Waals surface area contributed by atoms with Crippen LogP contribution in [0.1, 0.15) is 40.0 Å². The molecule has 1 amide bonds. The summed E-state index contributed by atoms with van der Waals surface area (Å²) in [5, 5.41) is 8.98. The van der Waals surface area contributed by atoms with Gasteiger partial charge in [0.1, 0.15) is 0 Å². The summed E-state index contributed by atoms with van der Waals surface area (Å²) >= 11 is 0. The van der Waals surface area contributed by atoms with E-state index in [4.69, 9.17) is 5.26 Å². The molecule has 1 saturated carbocycles. The van der Waals surface area contributed by atoms with Crippen molar-refractivity contribution in [2.24, 2.45) is 17.3 Å². The number of rotatable bonds is 3. The SMILES string of the molecule is CC(C)(C)C1C(=O)C(C#N)C(=O)N1CCC1CC1. The minimum atomic E-state index is -1.08. The molecule has 1 aliphatic heterocycles. The number of Topliss-reactive ketones (excluding diaryl/α,β-unsaturated/α-hetero) is 1. The molecular formula is C14H20N2O2. The topological polar surface area (TPSA) is 61.2 Å². The average molecular weight is 248 g/mol. The second kappa shape index (κ2) is 4.38. The maximum Gasteiger partial charge on any atom is 0.248 e. The second-order valence-corrected chi connectivity index (χ2v) is 6.50. The Morgan fingerprint density at radius 2 is 1.94 bits per heavy atom. The number of carbonyl (C=O) groups excluding carboxylic acids is 2. The van der Waals surface area contributed by atoms with E-state index in [2.05, 4.69) is 0 Å². The van der Waals surface area contributed by atoms with E-state index in [0.29, 0.717) is 6.54 Å². The van der Waals surface area contributed by atoms with Gasteiger partial charge in [0, 0.05) is 6.54 Å². The van der Waals surface area contributed by atoms with E-state index in [1.165, 1.54) is 12.8 Å². The highest BCUT2D eigenvalue weighted by Crippen LogP contribution is 2.37. The maximum atomic E-state index is 12.2. The van der Waals surface area contributed by atoms with E-state index in [1.54, 1.807) is 4.90 Å². The van der Waals surface area contributed by atoms with Crippen molar-refractivity contribution >= 4 is 11.7 Å². The Bertz CT molecular complexity index is 412.